The maximum absolute atomic E-state index is 11.8. The van der Waals surface area contributed by atoms with Gasteiger partial charge in [0.1, 0.15) is 0 Å². The molecule has 0 aliphatic rings. The zero-order valence-corrected chi connectivity index (χ0v) is 10.3. The number of hydrogen-bond donors (Lipinski definition) is 2. The second-order valence-electron chi connectivity index (χ2n) is 4.95. The van der Waals surface area contributed by atoms with E-state index >= 15 is 0 Å². The molecule has 4 nitrogen and oxygen atoms in total. The highest BCUT2D eigenvalue weighted by atomic mass is 16.2. The van der Waals surface area contributed by atoms with E-state index in [1.807, 2.05) is 39.4 Å². The van der Waals surface area contributed by atoms with Crippen molar-refractivity contribution in [1.29, 1.82) is 0 Å². The van der Waals surface area contributed by atoms with Gasteiger partial charge >= 0.3 is 0 Å². The van der Waals surface area contributed by atoms with E-state index in [0.717, 1.165) is 13.0 Å². The molecule has 1 aromatic rings. The normalized spacial score (nSPS) is 11.5. The lowest BCUT2D eigenvalue weighted by atomic mass is 10.0. The Bertz CT molecular complexity index is 325. The molecular weight excluding hydrogens is 202 g/mol. The predicted molar refractivity (Wildman–Crippen MR) is 65.0 cm³/mol. The van der Waals surface area contributed by atoms with E-state index in [4.69, 9.17) is 5.73 Å². The van der Waals surface area contributed by atoms with Crippen LogP contribution in [-0.2, 0) is 11.2 Å². The van der Waals surface area contributed by atoms with Gasteiger partial charge in [-0.2, -0.15) is 0 Å². The summed E-state index contributed by atoms with van der Waals surface area (Å²) in [5.74, 6) is 0.100. The topological polar surface area (TPSA) is 62.1 Å². The van der Waals surface area contributed by atoms with Gasteiger partial charge in [0.25, 0.3) is 0 Å². The molecule has 0 saturated heterocycles. The van der Waals surface area contributed by atoms with Gasteiger partial charge in [-0.15, -0.1) is 0 Å². The predicted octanol–water partition coefficient (Wildman–Crippen LogP) is 1.14. The second kappa shape index (κ2) is 5.16. The van der Waals surface area contributed by atoms with Crippen LogP contribution in [0.1, 0.15) is 25.8 Å². The monoisotopic (exact) mass is 223 g/mol. The third-order valence-electron chi connectivity index (χ3n) is 2.43. The SMILES string of the molecule is CN(CCc1cc[nH]c1)C(=O)CC(C)(C)N. The first kappa shape index (κ1) is 12.8. The Labute approximate surface area is 96.8 Å². The van der Waals surface area contributed by atoms with Crippen LogP contribution >= 0.6 is 0 Å². The summed E-state index contributed by atoms with van der Waals surface area (Å²) < 4.78 is 0. The molecule has 0 fully saturated rings. The van der Waals surface area contributed by atoms with Crippen molar-refractivity contribution in [3.8, 4) is 0 Å². The summed E-state index contributed by atoms with van der Waals surface area (Å²) in [6, 6.07) is 2.02. The minimum absolute atomic E-state index is 0.100. The fourth-order valence-corrected chi connectivity index (χ4v) is 1.46. The Kier molecular flexibility index (Phi) is 4.12. The summed E-state index contributed by atoms with van der Waals surface area (Å²) in [5, 5.41) is 0. The van der Waals surface area contributed by atoms with Crippen LogP contribution in [0, 0.1) is 0 Å². The minimum Gasteiger partial charge on any atom is -0.367 e. The van der Waals surface area contributed by atoms with Gasteiger partial charge in [-0.1, -0.05) is 0 Å². The van der Waals surface area contributed by atoms with Crippen LogP contribution in [0.5, 0.6) is 0 Å². The minimum atomic E-state index is -0.431. The number of likely N-dealkylation sites (N-methyl/N-ethyl adjacent to an activating group) is 1. The number of nitrogens with one attached hydrogen (secondary N) is 1. The van der Waals surface area contributed by atoms with Crippen LogP contribution < -0.4 is 5.73 Å². The van der Waals surface area contributed by atoms with Crippen LogP contribution in [0.2, 0.25) is 0 Å². The second-order valence-corrected chi connectivity index (χ2v) is 4.95. The lowest BCUT2D eigenvalue weighted by molar-refractivity contribution is -0.130. The third-order valence-corrected chi connectivity index (χ3v) is 2.43. The summed E-state index contributed by atoms with van der Waals surface area (Å²) in [7, 11) is 1.82. The van der Waals surface area contributed by atoms with Crippen molar-refractivity contribution >= 4 is 5.91 Å². The van der Waals surface area contributed by atoms with E-state index in [1.165, 1.54) is 5.56 Å². The van der Waals surface area contributed by atoms with Gasteiger partial charge in [-0.05, 0) is 31.9 Å². The van der Waals surface area contributed by atoms with Crippen molar-refractivity contribution in [3.05, 3.63) is 24.0 Å². The number of aromatic amines is 1. The number of carbonyl (C=O) groups is 1. The Morgan fingerprint density at radius 1 is 1.56 bits per heavy atom. The van der Waals surface area contributed by atoms with Crippen LogP contribution in [0.25, 0.3) is 0 Å². The van der Waals surface area contributed by atoms with Crippen molar-refractivity contribution in [3.63, 3.8) is 0 Å². The van der Waals surface area contributed by atoms with Crippen molar-refractivity contribution in [1.82, 2.24) is 9.88 Å². The highest BCUT2D eigenvalue weighted by Gasteiger charge is 2.18. The van der Waals surface area contributed by atoms with Gasteiger partial charge in [0.2, 0.25) is 5.91 Å². The first-order valence-electron chi connectivity index (χ1n) is 5.53. The molecule has 0 atom stereocenters. The molecular formula is C12H21N3O. The first-order chi connectivity index (χ1) is 7.38. The molecule has 1 amide bonds. The van der Waals surface area contributed by atoms with Gasteiger partial charge in [0.15, 0.2) is 0 Å². The Morgan fingerprint density at radius 3 is 2.75 bits per heavy atom. The molecule has 90 valence electrons. The van der Waals surface area contributed by atoms with Gasteiger partial charge in [-0.3, -0.25) is 4.79 Å². The van der Waals surface area contributed by atoms with E-state index in [0.29, 0.717) is 6.42 Å². The zero-order valence-electron chi connectivity index (χ0n) is 10.3. The van der Waals surface area contributed by atoms with Crippen molar-refractivity contribution in [2.45, 2.75) is 32.2 Å². The Balaban J connectivity index is 2.35. The highest BCUT2D eigenvalue weighted by molar-refractivity contribution is 5.77. The standard InChI is InChI=1S/C12H21N3O/c1-12(2,13)8-11(16)15(3)7-5-10-4-6-14-9-10/h4,6,9,14H,5,7-8,13H2,1-3H3. The summed E-state index contributed by atoms with van der Waals surface area (Å²) >= 11 is 0. The third kappa shape index (κ3) is 4.49. The molecule has 0 spiro atoms. The average molecular weight is 223 g/mol. The number of H-pyrrole nitrogens is 1. The quantitative estimate of drug-likeness (QED) is 0.786. The maximum Gasteiger partial charge on any atom is 0.224 e. The summed E-state index contributed by atoms with van der Waals surface area (Å²) in [6.07, 6.45) is 5.10. The lowest BCUT2D eigenvalue weighted by Gasteiger charge is -2.23. The smallest absolute Gasteiger partial charge is 0.224 e. The summed E-state index contributed by atoms with van der Waals surface area (Å²) in [5.41, 5.74) is 6.60. The molecule has 3 N–H and O–H groups in total. The lowest BCUT2D eigenvalue weighted by Crippen LogP contribution is -2.40. The molecule has 0 radical (unpaired) electrons. The molecule has 1 rings (SSSR count). The molecule has 16 heavy (non-hydrogen) atoms. The van der Waals surface area contributed by atoms with Crippen LogP contribution in [0.3, 0.4) is 0 Å². The van der Waals surface area contributed by atoms with Crippen molar-refractivity contribution in [2.75, 3.05) is 13.6 Å². The van der Waals surface area contributed by atoms with E-state index in [1.54, 1.807) is 4.90 Å². The van der Waals surface area contributed by atoms with Gasteiger partial charge in [0.05, 0.1) is 0 Å². The molecule has 0 bridgehead atoms. The number of aromatic nitrogens is 1. The molecule has 0 aliphatic heterocycles. The molecule has 0 saturated carbocycles. The number of carbonyl (C=O) groups excluding carboxylic acids is 1. The summed E-state index contributed by atoms with van der Waals surface area (Å²) in [4.78, 5) is 16.5. The average Bonchev–Trinajstić information content (AvgIpc) is 2.63. The molecule has 0 aliphatic carbocycles. The van der Waals surface area contributed by atoms with Crippen molar-refractivity contribution < 1.29 is 4.79 Å². The largest absolute Gasteiger partial charge is 0.367 e. The fourth-order valence-electron chi connectivity index (χ4n) is 1.46. The Hall–Kier alpha value is -1.29. The van der Waals surface area contributed by atoms with E-state index < -0.39 is 5.54 Å². The van der Waals surface area contributed by atoms with E-state index in [-0.39, 0.29) is 5.91 Å². The van der Waals surface area contributed by atoms with Gasteiger partial charge < -0.3 is 15.6 Å². The number of nitrogens with zero attached hydrogens (tertiary/aromatic N) is 1. The zero-order chi connectivity index (χ0) is 12.2. The number of amides is 1. The van der Waals surface area contributed by atoms with Crippen molar-refractivity contribution in [2.24, 2.45) is 5.73 Å². The number of rotatable bonds is 5. The molecule has 0 aromatic carbocycles. The summed E-state index contributed by atoms with van der Waals surface area (Å²) in [6.45, 7) is 4.46. The van der Waals surface area contributed by atoms with Crippen LogP contribution in [-0.4, -0.2) is 34.9 Å². The maximum atomic E-state index is 11.8. The molecule has 1 heterocycles. The van der Waals surface area contributed by atoms with Gasteiger partial charge in [0, 0.05) is 37.9 Å². The Morgan fingerprint density at radius 2 is 2.25 bits per heavy atom. The first-order valence-corrected chi connectivity index (χ1v) is 5.53. The highest BCUT2D eigenvalue weighted by Crippen LogP contribution is 2.07. The molecule has 4 heteroatoms. The fraction of sp³-hybridized carbons (Fsp3) is 0.583. The number of nitrogens with two attached hydrogens (primary N) is 1. The molecule has 1 aromatic heterocycles. The van der Waals surface area contributed by atoms with Gasteiger partial charge in [-0.25, -0.2) is 0 Å². The van der Waals surface area contributed by atoms with Crippen LogP contribution in [0.4, 0.5) is 0 Å². The molecule has 0 unspecified atom stereocenters. The van der Waals surface area contributed by atoms with E-state index in [9.17, 15) is 4.79 Å². The van der Waals surface area contributed by atoms with E-state index in [2.05, 4.69) is 4.98 Å². The van der Waals surface area contributed by atoms with Crippen LogP contribution in [0.15, 0.2) is 18.5 Å². The number of hydrogen-bond acceptors (Lipinski definition) is 2.